The van der Waals surface area contributed by atoms with Crippen molar-refractivity contribution in [3.05, 3.63) is 22.0 Å². The SMILES string of the molecule is O=c1[nH]c2cnc(Cl)nc2n1N1CCC2(CC1)COC2. The van der Waals surface area contributed by atoms with Crippen LogP contribution in [0, 0.1) is 5.41 Å². The third-order valence-corrected chi connectivity index (χ3v) is 4.46. The van der Waals surface area contributed by atoms with Crippen LogP contribution in [0.4, 0.5) is 0 Å². The Labute approximate surface area is 119 Å². The van der Waals surface area contributed by atoms with Crippen molar-refractivity contribution in [1.29, 1.82) is 0 Å². The summed E-state index contributed by atoms with van der Waals surface area (Å²) in [4.78, 5) is 22.9. The average molecular weight is 296 g/mol. The summed E-state index contributed by atoms with van der Waals surface area (Å²) in [5, 5.41) is 2.17. The minimum atomic E-state index is -0.197. The van der Waals surface area contributed by atoms with Gasteiger partial charge >= 0.3 is 5.69 Å². The fourth-order valence-electron chi connectivity index (χ4n) is 2.98. The number of hydrogen-bond donors (Lipinski definition) is 1. The first-order valence-electron chi connectivity index (χ1n) is 6.63. The second kappa shape index (κ2) is 4.20. The van der Waals surface area contributed by atoms with Crippen LogP contribution in [0.25, 0.3) is 11.2 Å². The van der Waals surface area contributed by atoms with Crippen LogP contribution in [0.3, 0.4) is 0 Å². The van der Waals surface area contributed by atoms with Gasteiger partial charge < -0.3 is 14.7 Å². The number of aromatic amines is 1. The van der Waals surface area contributed by atoms with Gasteiger partial charge in [-0.25, -0.2) is 9.78 Å². The highest BCUT2D eigenvalue weighted by atomic mass is 35.5. The maximum absolute atomic E-state index is 12.1. The van der Waals surface area contributed by atoms with E-state index < -0.39 is 0 Å². The molecule has 0 saturated carbocycles. The van der Waals surface area contributed by atoms with Crippen molar-refractivity contribution in [1.82, 2.24) is 19.6 Å². The maximum atomic E-state index is 12.1. The summed E-state index contributed by atoms with van der Waals surface area (Å²) in [5.74, 6) is 0. The molecule has 0 unspecified atom stereocenters. The van der Waals surface area contributed by atoms with Crippen LogP contribution in [-0.2, 0) is 4.74 Å². The normalized spacial score (nSPS) is 21.4. The Kier molecular flexibility index (Phi) is 2.55. The van der Waals surface area contributed by atoms with Crippen molar-refractivity contribution in [2.45, 2.75) is 12.8 Å². The summed E-state index contributed by atoms with van der Waals surface area (Å²) in [7, 11) is 0. The van der Waals surface area contributed by atoms with E-state index in [1.807, 2.05) is 5.01 Å². The fraction of sp³-hybridized carbons (Fsp3) is 0.583. The number of piperidine rings is 1. The molecule has 0 amide bonds. The number of nitrogens with one attached hydrogen (secondary N) is 1. The predicted octanol–water partition coefficient (Wildman–Crippen LogP) is 0.521. The summed E-state index contributed by atoms with van der Waals surface area (Å²) in [6.07, 6.45) is 3.60. The van der Waals surface area contributed by atoms with E-state index >= 15 is 0 Å². The first-order valence-corrected chi connectivity index (χ1v) is 7.01. The number of rotatable bonds is 1. The van der Waals surface area contributed by atoms with Gasteiger partial charge in [0.25, 0.3) is 0 Å². The van der Waals surface area contributed by atoms with Crippen LogP contribution in [0.1, 0.15) is 12.8 Å². The molecule has 7 nitrogen and oxygen atoms in total. The highest BCUT2D eigenvalue weighted by Gasteiger charge is 2.41. The van der Waals surface area contributed by atoms with Gasteiger partial charge in [-0.1, -0.05) is 0 Å². The van der Waals surface area contributed by atoms with Gasteiger partial charge in [0, 0.05) is 18.5 Å². The Bertz CT molecular complexity index is 710. The van der Waals surface area contributed by atoms with Crippen molar-refractivity contribution >= 4 is 22.8 Å². The molecule has 8 heteroatoms. The minimum Gasteiger partial charge on any atom is -0.380 e. The molecule has 20 heavy (non-hydrogen) atoms. The molecule has 2 aromatic rings. The van der Waals surface area contributed by atoms with E-state index in [1.54, 1.807) is 4.68 Å². The van der Waals surface area contributed by atoms with Gasteiger partial charge in [-0.3, -0.25) is 0 Å². The van der Waals surface area contributed by atoms with Crippen LogP contribution < -0.4 is 10.7 Å². The van der Waals surface area contributed by atoms with E-state index in [4.69, 9.17) is 16.3 Å². The number of hydrogen-bond acceptors (Lipinski definition) is 5. The van der Waals surface area contributed by atoms with Crippen molar-refractivity contribution in [2.24, 2.45) is 5.41 Å². The standard InChI is InChI=1S/C12H14ClN5O2/c13-10-14-5-8-9(16-10)18(11(19)15-8)17-3-1-12(2-4-17)6-20-7-12/h5H,1-4,6-7H2,(H,15,19). The summed E-state index contributed by atoms with van der Waals surface area (Å²) >= 11 is 5.83. The lowest BCUT2D eigenvalue weighted by atomic mass is 9.77. The molecule has 4 heterocycles. The number of H-pyrrole nitrogens is 1. The maximum Gasteiger partial charge on any atom is 0.346 e. The van der Waals surface area contributed by atoms with Gasteiger partial charge in [-0.2, -0.15) is 9.66 Å². The second-order valence-corrected chi connectivity index (χ2v) is 5.90. The summed E-state index contributed by atoms with van der Waals surface area (Å²) < 4.78 is 6.90. The van der Waals surface area contributed by atoms with Gasteiger partial charge in [0.05, 0.1) is 19.4 Å². The quantitative estimate of drug-likeness (QED) is 0.776. The fourth-order valence-corrected chi connectivity index (χ4v) is 3.11. The molecule has 2 saturated heterocycles. The van der Waals surface area contributed by atoms with Gasteiger partial charge in [-0.15, -0.1) is 0 Å². The van der Waals surface area contributed by atoms with Gasteiger partial charge in [0.15, 0.2) is 5.65 Å². The lowest BCUT2D eigenvalue weighted by molar-refractivity contribution is -0.126. The highest BCUT2D eigenvalue weighted by Crippen LogP contribution is 2.37. The molecule has 0 aromatic carbocycles. The van der Waals surface area contributed by atoms with E-state index in [0.717, 1.165) is 39.1 Å². The largest absolute Gasteiger partial charge is 0.380 e. The second-order valence-electron chi connectivity index (χ2n) is 5.56. The molecular weight excluding hydrogens is 282 g/mol. The lowest BCUT2D eigenvalue weighted by Crippen LogP contribution is -2.55. The van der Waals surface area contributed by atoms with Crippen molar-refractivity contribution in [2.75, 3.05) is 31.3 Å². The monoisotopic (exact) mass is 295 g/mol. The molecule has 1 spiro atoms. The van der Waals surface area contributed by atoms with Crippen LogP contribution in [0.2, 0.25) is 5.28 Å². The molecule has 2 aromatic heterocycles. The number of imidazole rings is 1. The number of fused-ring (bicyclic) bond motifs is 1. The Morgan fingerprint density at radius 3 is 2.75 bits per heavy atom. The molecule has 0 bridgehead atoms. The molecular formula is C12H14ClN5O2. The summed E-state index contributed by atoms with van der Waals surface area (Å²) in [5.41, 5.74) is 1.28. The van der Waals surface area contributed by atoms with E-state index in [9.17, 15) is 4.79 Å². The number of halogens is 1. The van der Waals surface area contributed by atoms with Gasteiger partial charge in [0.2, 0.25) is 5.28 Å². The average Bonchev–Trinajstić information content (AvgIpc) is 2.72. The number of ether oxygens (including phenoxy) is 1. The van der Waals surface area contributed by atoms with E-state index in [0.29, 0.717) is 16.6 Å². The first kappa shape index (κ1) is 12.2. The van der Waals surface area contributed by atoms with Crippen molar-refractivity contribution in [3.8, 4) is 0 Å². The van der Waals surface area contributed by atoms with Crippen LogP contribution in [0.15, 0.2) is 11.0 Å². The van der Waals surface area contributed by atoms with Gasteiger partial charge in [0.1, 0.15) is 5.52 Å². The Balaban J connectivity index is 1.70. The van der Waals surface area contributed by atoms with Crippen LogP contribution in [0.5, 0.6) is 0 Å². The predicted molar refractivity (Wildman–Crippen MR) is 73.6 cm³/mol. The van der Waals surface area contributed by atoms with Gasteiger partial charge in [-0.05, 0) is 24.4 Å². The summed E-state index contributed by atoms with van der Waals surface area (Å²) in [6, 6.07) is 0. The summed E-state index contributed by atoms with van der Waals surface area (Å²) in [6.45, 7) is 3.32. The van der Waals surface area contributed by atoms with Crippen molar-refractivity contribution in [3.63, 3.8) is 0 Å². The molecule has 4 rings (SSSR count). The molecule has 2 fully saturated rings. The first-order chi connectivity index (χ1) is 9.67. The number of nitrogens with zero attached hydrogens (tertiary/aromatic N) is 4. The Morgan fingerprint density at radius 2 is 2.10 bits per heavy atom. The van der Waals surface area contributed by atoms with Crippen molar-refractivity contribution < 1.29 is 4.74 Å². The zero-order valence-corrected chi connectivity index (χ0v) is 11.6. The third kappa shape index (κ3) is 1.73. The molecule has 0 radical (unpaired) electrons. The van der Waals surface area contributed by atoms with E-state index in [1.165, 1.54) is 6.20 Å². The van der Waals surface area contributed by atoms with Crippen LogP contribution in [-0.4, -0.2) is 45.9 Å². The molecule has 1 N–H and O–H groups in total. The minimum absolute atomic E-state index is 0.145. The molecule has 106 valence electrons. The lowest BCUT2D eigenvalue weighted by Gasteiger charge is -2.47. The Hall–Kier alpha value is -1.60. The van der Waals surface area contributed by atoms with E-state index in [-0.39, 0.29) is 11.0 Å². The third-order valence-electron chi connectivity index (χ3n) is 4.27. The smallest absolute Gasteiger partial charge is 0.346 e. The molecule has 0 atom stereocenters. The van der Waals surface area contributed by atoms with Crippen LogP contribution >= 0.6 is 11.6 Å². The molecule has 0 aliphatic carbocycles. The number of aromatic nitrogens is 4. The molecule has 2 aliphatic rings. The molecule has 2 aliphatic heterocycles. The topological polar surface area (TPSA) is 76.0 Å². The highest BCUT2D eigenvalue weighted by molar-refractivity contribution is 6.28. The zero-order valence-electron chi connectivity index (χ0n) is 10.8. The Morgan fingerprint density at radius 1 is 1.35 bits per heavy atom. The zero-order chi connectivity index (χ0) is 13.7. The van der Waals surface area contributed by atoms with E-state index in [2.05, 4.69) is 15.0 Å².